The lowest BCUT2D eigenvalue weighted by Gasteiger charge is -2.35. The zero-order valence-electron chi connectivity index (χ0n) is 19.3. The third-order valence-corrected chi connectivity index (χ3v) is 8.61. The molecule has 172 valence electrons. The normalized spacial score (nSPS) is 27.0. The van der Waals surface area contributed by atoms with Crippen molar-refractivity contribution in [2.24, 2.45) is 17.9 Å². The first-order valence-corrected chi connectivity index (χ1v) is 12.0. The summed E-state index contributed by atoms with van der Waals surface area (Å²) in [5.74, 6) is 0.240. The van der Waals surface area contributed by atoms with Crippen LogP contribution in [-0.4, -0.2) is 47.2 Å². The van der Waals surface area contributed by atoms with Crippen LogP contribution in [0.2, 0.25) is 5.02 Å². The van der Waals surface area contributed by atoms with Gasteiger partial charge in [-0.05, 0) is 61.5 Å². The number of fused-ring (bicyclic) bond motifs is 3. The average molecular weight is 457 g/mol. The summed E-state index contributed by atoms with van der Waals surface area (Å²) in [6.07, 6.45) is 7.45. The summed E-state index contributed by atoms with van der Waals surface area (Å²) in [5.41, 5.74) is 4.63. The van der Waals surface area contributed by atoms with Crippen molar-refractivity contribution in [2.75, 3.05) is 32.1 Å². The average Bonchev–Trinajstić information content (AvgIpc) is 3.41. The molecule has 6 nitrogen and oxygen atoms in total. The minimum Gasteiger partial charge on any atom is -0.384 e. The van der Waals surface area contributed by atoms with Crippen molar-refractivity contribution in [2.45, 2.75) is 52.0 Å². The van der Waals surface area contributed by atoms with E-state index >= 15 is 0 Å². The molecule has 2 fully saturated rings. The first-order valence-electron chi connectivity index (χ1n) is 11.7. The molecule has 0 saturated heterocycles. The summed E-state index contributed by atoms with van der Waals surface area (Å²) < 4.78 is 7.51. The van der Waals surface area contributed by atoms with Crippen LogP contribution in [0.15, 0.2) is 18.2 Å². The van der Waals surface area contributed by atoms with E-state index in [1.54, 1.807) is 0 Å². The number of halogens is 1. The van der Waals surface area contributed by atoms with Crippen molar-refractivity contribution in [1.29, 1.82) is 0 Å². The van der Waals surface area contributed by atoms with Gasteiger partial charge in [-0.25, -0.2) is 4.98 Å². The second-order valence-electron chi connectivity index (χ2n) is 10.3. The number of nitrogens with one attached hydrogen (secondary N) is 1. The zero-order chi connectivity index (χ0) is 22.5. The third-order valence-electron chi connectivity index (χ3n) is 8.11. The Morgan fingerprint density at radius 3 is 2.75 bits per heavy atom. The smallest absolute Gasteiger partial charge is 0.291 e. The largest absolute Gasteiger partial charge is 0.384 e. The number of aromatic nitrogens is 2. The van der Waals surface area contributed by atoms with Crippen molar-refractivity contribution in [3.8, 4) is 0 Å². The van der Waals surface area contributed by atoms with Crippen LogP contribution >= 0.6 is 11.6 Å². The molecular weight excluding hydrogens is 424 g/mol. The van der Waals surface area contributed by atoms with Gasteiger partial charge in [0, 0.05) is 45.9 Å². The topological polar surface area (TPSA) is 59.4 Å². The van der Waals surface area contributed by atoms with E-state index < -0.39 is 0 Å². The van der Waals surface area contributed by atoms with Gasteiger partial charge < -0.3 is 14.6 Å². The van der Waals surface area contributed by atoms with Crippen LogP contribution in [0.3, 0.4) is 0 Å². The lowest BCUT2D eigenvalue weighted by atomic mass is 9.82. The van der Waals surface area contributed by atoms with E-state index in [0.29, 0.717) is 27.4 Å². The van der Waals surface area contributed by atoms with Gasteiger partial charge in [-0.15, -0.1) is 0 Å². The van der Waals surface area contributed by atoms with Gasteiger partial charge in [0.2, 0.25) is 0 Å². The number of hydrogen-bond acceptors (Lipinski definition) is 4. The maximum absolute atomic E-state index is 13.0. The molecule has 0 radical (unpaired) electrons. The summed E-state index contributed by atoms with van der Waals surface area (Å²) >= 11 is 6.37. The Balaban J connectivity index is 1.29. The van der Waals surface area contributed by atoms with Crippen molar-refractivity contribution >= 4 is 23.2 Å². The number of rotatable bonds is 6. The number of benzene rings is 1. The predicted octanol–water partition coefficient (Wildman–Crippen LogP) is 4.59. The summed E-state index contributed by atoms with van der Waals surface area (Å²) in [6, 6.07) is 5.65. The van der Waals surface area contributed by atoms with Crippen molar-refractivity contribution < 1.29 is 9.53 Å². The molecule has 2 aromatic rings. The molecule has 0 spiro atoms. The fourth-order valence-corrected chi connectivity index (χ4v) is 6.67. The van der Waals surface area contributed by atoms with Crippen LogP contribution in [0.5, 0.6) is 0 Å². The molecule has 7 heteroatoms. The number of anilines is 1. The maximum Gasteiger partial charge on any atom is 0.291 e. The van der Waals surface area contributed by atoms with E-state index in [9.17, 15) is 4.79 Å². The van der Waals surface area contributed by atoms with Crippen LogP contribution in [0.25, 0.3) is 0 Å². The fourth-order valence-electron chi connectivity index (χ4n) is 6.49. The number of hydrogen-bond donors (Lipinski definition) is 1. The Labute approximate surface area is 195 Å². The van der Waals surface area contributed by atoms with E-state index in [4.69, 9.17) is 21.3 Å². The number of carbonyl (C=O) groups is 1. The van der Waals surface area contributed by atoms with Crippen molar-refractivity contribution in [1.82, 2.24) is 14.5 Å². The Hall–Kier alpha value is -1.89. The van der Waals surface area contributed by atoms with Crippen LogP contribution in [0.4, 0.5) is 5.69 Å². The first-order chi connectivity index (χ1) is 15.3. The Kier molecular flexibility index (Phi) is 5.59. The SMILES string of the molecule is COCC12CCC(CN3CCc4c(nc(C(=O)Nc5cccc(C)c5Cl)n4C)C3)(CC1)C2. The quantitative estimate of drug-likeness (QED) is 0.690. The molecule has 1 aromatic heterocycles. The number of amides is 1. The van der Waals surface area contributed by atoms with E-state index in [1.165, 1.54) is 37.8 Å². The molecule has 1 aliphatic heterocycles. The number of imidazole rings is 1. The van der Waals surface area contributed by atoms with Gasteiger partial charge in [0.25, 0.3) is 5.91 Å². The van der Waals surface area contributed by atoms with Crippen LogP contribution < -0.4 is 5.32 Å². The number of aryl methyl sites for hydroxylation is 1. The lowest BCUT2D eigenvalue weighted by molar-refractivity contribution is 0.0860. The molecule has 3 aliphatic rings. The molecule has 1 aromatic carbocycles. The van der Waals surface area contributed by atoms with Crippen molar-refractivity contribution in [3.63, 3.8) is 0 Å². The molecule has 0 atom stereocenters. The van der Waals surface area contributed by atoms with Gasteiger partial charge >= 0.3 is 0 Å². The summed E-state index contributed by atoms with van der Waals surface area (Å²) in [4.78, 5) is 20.3. The van der Waals surface area contributed by atoms with Gasteiger partial charge in [0.15, 0.2) is 5.82 Å². The minimum atomic E-state index is -0.213. The summed E-state index contributed by atoms with van der Waals surface area (Å²) in [6.45, 7) is 5.81. The van der Waals surface area contributed by atoms with Crippen LogP contribution in [0.1, 0.15) is 59.7 Å². The predicted molar refractivity (Wildman–Crippen MR) is 126 cm³/mol. The lowest BCUT2D eigenvalue weighted by Crippen LogP contribution is -2.39. The number of ether oxygens (including phenoxy) is 1. The molecule has 2 aliphatic carbocycles. The van der Waals surface area contributed by atoms with Gasteiger partial charge in [-0.3, -0.25) is 9.69 Å². The van der Waals surface area contributed by atoms with Gasteiger partial charge in [0.05, 0.1) is 23.0 Å². The zero-order valence-corrected chi connectivity index (χ0v) is 20.1. The Morgan fingerprint density at radius 2 is 2.00 bits per heavy atom. The highest BCUT2D eigenvalue weighted by molar-refractivity contribution is 6.34. The standard InChI is InChI=1S/C25H33ClN4O2/c1-17-5-4-6-18(21(17)26)28-23(31)22-27-19-13-30(12-7-20(19)29(22)2)15-24-8-10-25(14-24,11-9-24)16-32-3/h4-6H,7-16H2,1-3H3,(H,28,31). The van der Waals surface area contributed by atoms with E-state index in [-0.39, 0.29) is 5.91 Å². The molecule has 2 heterocycles. The Bertz CT molecular complexity index is 1040. The van der Waals surface area contributed by atoms with Gasteiger partial charge in [-0.1, -0.05) is 23.7 Å². The highest BCUT2D eigenvalue weighted by Crippen LogP contribution is 2.61. The molecule has 2 bridgehead atoms. The number of carbonyl (C=O) groups excluding carboxylic acids is 1. The Morgan fingerprint density at radius 1 is 1.25 bits per heavy atom. The van der Waals surface area contributed by atoms with E-state index in [0.717, 1.165) is 43.9 Å². The second-order valence-corrected chi connectivity index (χ2v) is 10.7. The molecule has 5 rings (SSSR count). The molecule has 1 amide bonds. The van der Waals surface area contributed by atoms with E-state index in [1.807, 2.05) is 43.8 Å². The fraction of sp³-hybridized carbons (Fsp3) is 0.600. The monoisotopic (exact) mass is 456 g/mol. The maximum atomic E-state index is 13.0. The second kappa shape index (κ2) is 8.15. The van der Waals surface area contributed by atoms with Crippen LogP contribution in [-0.2, 0) is 24.8 Å². The molecule has 1 N–H and O–H groups in total. The molecule has 0 unspecified atom stereocenters. The number of nitrogens with zero attached hydrogens (tertiary/aromatic N) is 3. The number of methoxy groups -OCH3 is 1. The van der Waals surface area contributed by atoms with E-state index in [2.05, 4.69) is 10.2 Å². The van der Waals surface area contributed by atoms with Gasteiger partial charge in [0.1, 0.15) is 0 Å². The molecular formula is C25H33ClN4O2. The molecule has 2 saturated carbocycles. The first kappa shape index (κ1) is 21.9. The van der Waals surface area contributed by atoms with Crippen molar-refractivity contribution in [3.05, 3.63) is 46.0 Å². The summed E-state index contributed by atoms with van der Waals surface area (Å²) in [5, 5.41) is 3.52. The van der Waals surface area contributed by atoms with Gasteiger partial charge in [-0.2, -0.15) is 0 Å². The molecule has 32 heavy (non-hydrogen) atoms. The minimum absolute atomic E-state index is 0.213. The van der Waals surface area contributed by atoms with Crippen LogP contribution in [0, 0.1) is 17.8 Å². The summed E-state index contributed by atoms with van der Waals surface area (Å²) in [7, 11) is 3.78. The third kappa shape index (κ3) is 3.76. The highest BCUT2D eigenvalue weighted by atomic mass is 35.5. The highest BCUT2D eigenvalue weighted by Gasteiger charge is 2.54.